The van der Waals surface area contributed by atoms with Gasteiger partial charge in [0.25, 0.3) is 0 Å². The number of carbonyl (C=O) groups is 1. The van der Waals surface area contributed by atoms with Crippen LogP contribution < -0.4 is 9.47 Å². The van der Waals surface area contributed by atoms with Crippen molar-refractivity contribution in [1.29, 1.82) is 0 Å². The van der Waals surface area contributed by atoms with Gasteiger partial charge in [0.1, 0.15) is 17.1 Å². The van der Waals surface area contributed by atoms with Crippen LogP contribution in [0.3, 0.4) is 0 Å². The number of ether oxygens (including phenoxy) is 2. The molecule has 0 aliphatic carbocycles. The predicted octanol–water partition coefficient (Wildman–Crippen LogP) is 2.14. The summed E-state index contributed by atoms with van der Waals surface area (Å²) in [6.07, 6.45) is 1.97. The van der Waals surface area contributed by atoms with Crippen LogP contribution in [-0.4, -0.2) is 36.8 Å². The molecule has 0 heterocycles. The second-order valence-corrected chi connectivity index (χ2v) is 3.99. The summed E-state index contributed by atoms with van der Waals surface area (Å²) < 4.78 is 10.4. The molecular weight excluding hydrogens is 228 g/mol. The van der Waals surface area contributed by atoms with Crippen molar-refractivity contribution in [2.24, 2.45) is 0 Å². The van der Waals surface area contributed by atoms with Gasteiger partial charge in [-0.2, -0.15) is 11.8 Å². The van der Waals surface area contributed by atoms with Gasteiger partial charge in [-0.1, -0.05) is 0 Å². The van der Waals surface area contributed by atoms with Crippen molar-refractivity contribution >= 4 is 17.7 Å². The second-order valence-electron chi connectivity index (χ2n) is 3.01. The van der Waals surface area contributed by atoms with Gasteiger partial charge >= 0.3 is 5.97 Å². The van der Waals surface area contributed by atoms with Crippen LogP contribution in [0.15, 0.2) is 18.2 Å². The van der Waals surface area contributed by atoms with Crippen molar-refractivity contribution in [3.63, 3.8) is 0 Å². The summed E-state index contributed by atoms with van der Waals surface area (Å²) in [6.45, 7) is 0.481. The first kappa shape index (κ1) is 12.7. The van der Waals surface area contributed by atoms with E-state index in [0.717, 1.165) is 5.75 Å². The Balaban J connectivity index is 2.87. The second kappa shape index (κ2) is 6.27. The summed E-state index contributed by atoms with van der Waals surface area (Å²) in [5.74, 6) is 0.753. The molecule has 0 atom stereocenters. The largest absolute Gasteiger partial charge is 0.497 e. The van der Waals surface area contributed by atoms with Crippen LogP contribution in [0, 0.1) is 0 Å². The summed E-state index contributed by atoms with van der Waals surface area (Å²) in [7, 11) is 1.53. The predicted molar refractivity (Wildman–Crippen MR) is 63.8 cm³/mol. The van der Waals surface area contributed by atoms with E-state index in [2.05, 4.69) is 0 Å². The van der Waals surface area contributed by atoms with Gasteiger partial charge in [0.15, 0.2) is 0 Å². The van der Waals surface area contributed by atoms with E-state index in [0.29, 0.717) is 18.1 Å². The molecule has 0 aliphatic rings. The molecule has 1 rings (SSSR count). The Morgan fingerprint density at radius 2 is 2.25 bits per heavy atom. The number of carboxylic acids is 1. The Kier molecular flexibility index (Phi) is 4.98. The third-order valence-electron chi connectivity index (χ3n) is 1.96. The fourth-order valence-electron chi connectivity index (χ4n) is 1.16. The monoisotopic (exact) mass is 242 g/mol. The zero-order valence-corrected chi connectivity index (χ0v) is 10.0. The van der Waals surface area contributed by atoms with Crippen LogP contribution in [0.2, 0.25) is 0 Å². The molecule has 0 unspecified atom stereocenters. The Bertz CT molecular complexity index is 365. The average Bonchev–Trinajstić information content (AvgIpc) is 2.29. The van der Waals surface area contributed by atoms with E-state index >= 15 is 0 Å². The molecule has 1 aromatic rings. The highest BCUT2D eigenvalue weighted by atomic mass is 32.2. The zero-order chi connectivity index (χ0) is 12.0. The zero-order valence-electron chi connectivity index (χ0n) is 9.23. The first-order chi connectivity index (χ1) is 7.69. The van der Waals surface area contributed by atoms with Gasteiger partial charge in [-0.3, -0.25) is 0 Å². The lowest BCUT2D eigenvalue weighted by Gasteiger charge is -2.10. The summed E-state index contributed by atoms with van der Waals surface area (Å²) >= 11 is 1.64. The maximum atomic E-state index is 10.9. The standard InChI is InChI=1S/C11H14O4S/c1-14-8-3-4-9(11(12)13)10(7-8)15-5-6-16-2/h3-4,7H,5-6H2,1-2H3,(H,12,13). The number of aromatic carboxylic acids is 1. The molecule has 0 bridgehead atoms. The minimum Gasteiger partial charge on any atom is -0.497 e. The Morgan fingerprint density at radius 1 is 1.50 bits per heavy atom. The molecule has 1 N–H and O–H groups in total. The van der Waals surface area contributed by atoms with E-state index in [1.165, 1.54) is 13.2 Å². The lowest BCUT2D eigenvalue weighted by atomic mass is 10.2. The van der Waals surface area contributed by atoms with Crippen molar-refractivity contribution in [2.75, 3.05) is 25.7 Å². The van der Waals surface area contributed by atoms with Crippen molar-refractivity contribution < 1.29 is 19.4 Å². The van der Waals surface area contributed by atoms with Crippen molar-refractivity contribution in [3.05, 3.63) is 23.8 Å². The summed E-state index contributed by atoms with van der Waals surface area (Å²) in [4.78, 5) is 10.9. The third kappa shape index (κ3) is 3.34. The molecule has 0 radical (unpaired) electrons. The number of hydrogen-bond acceptors (Lipinski definition) is 4. The molecule has 4 nitrogen and oxygen atoms in total. The van der Waals surface area contributed by atoms with Crippen molar-refractivity contribution in [2.45, 2.75) is 0 Å². The van der Waals surface area contributed by atoms with E-state index < -0.39 is 5.97 Å². The summed E-state index contributed by atoms with van der Waals surface area (Å²) in [5.41, 5.74) is 0.155. The summed E-state index contributed by atoms with van der Waals surface area (Å²) in [6, 6.07) is 4.67. The highest BCUT2D eigenvalue weighted by Crippen LogP contribution is 2.24. The highest BCUT2D eigenvalue weighted by Gasteiger charge is 2.12. The molecule has 0 amide bonds. The smallest absolute Gasteiger partial charge is 0.339 e. The van der Waals surface area contributed by atoms with Gasteiger partial charge in [-0.05, 0) is 18.4 Å². The Labute approximate surface area is 98.6 Å². The van der Waals surface area contributed by atoms with Crippen LogP contribution in [0.4, 0.5) is 0 Å². The van der Waals surface area contributed by atoms with Crippen LogP contribution in [0.25, 0.3) is 0 Å². The third-order valence-corrected chi connectivity index (χ3v) is 2.54. The molecule has 0 aromatic heterocycles. The van der Waals surface area contributed by atoms with E-state index in [1.54, 1.807) is 23.9 Å². The van der Waals surface area contributed by atoms with Gasteiger partial charge in [0.2, 0.25) is 0 Å². The Morgan fingerprint density at radius 3 is 2.81 bits per heavy atom. The molecule has 88 valence electrons. The fourth-order valence-corrected chi connectivity index (χ4v) is 1.41. The molecule has 0 spiro atoms. The van der Waals surface area contributed by atoms with Crippen molar-refractivity contribution in [1.82, 2.24) is 0 Å². The molecule has 0 saturated heterocycles. The van der Waals surface area contributed by atoms with Gasteiger partial charge in [-0.25, -0.2) is 4.79 Å². The lowest BCUT2D eigenvalue weighted by Crippen LogP contribution is -2.06. The van der Waals surface area contributed by atoms with Crippen LogP contribution in [0.5, 0.6) is 11.5 Å². The first-order valence-electron chi connectivity index (χ1n) is 4.72. The van der Waals surface area contributed by atoms with Crippen LogP contribution in [-0.2, 0) is 0 Å². The molecule has 16 heavy (non-hydrogen) atoms. The maximum absolute atomic E-state index is 10.9. The van der Waals surface area contributed by atoms with E-state index in [4.69, 9.17) is 14.6 Å². The quantitative estimate of drug-likeness (QED) is 0.774. The van der Waals surface area contributed by atoms with E-state index in [1.807, 2.05) is 6.26 Å². The molecule has 0 fully saturated rings. The molecular formula is C11H14O4S. The number of methoxy groups -OCH3 is 1. The van der Waals surface area contributed by atoms with Crippen LogP contribution in [0.1, 0.15) is 10.4 Å². The summed E-state index contributed by atoms with van der Waals surface area (Å²) in [5, 5.41) is 8.96. The highest BCUT2D eigenvalue weighted by molar-refractivity contribution is 7.98. The topological polar surface area (TPSA) is 55.8 Å². The fraction of sp³-hybridized carbons (Fsp3) is 0.364. The van der Waals surface area contributed by atoms with Gasteiger partial charge in [0, 0.05) is 11.8 Å². The van der Waals surface area contributed by atoms with E-state index in [-0.39, 0.29) is 5.56 Å². The average molecular weight is 242 g/mol. The van der Waals surface area contributed by atoms with Gasteiger partial charge in [-0.15, -0.1) is 0 Å². The molecule has 0 saturated carbocycles. The number of carboxylic acid groups (broad SMARTS) is 1. The van der Waals surface area contributed by atoms with Gasteiger partial charge < -0.3 is 14.6 Å². The SMILES string of the molecule is COc1ccc(C(=O)O)c(OCCSC)c1. The first-order valence-corrected chi connectivity index (χ1v) is 6.11. The van der Waals surface area contributed by atoms with Crippen molar-refractivity contribution in [3.8, 4) is 11.5 Å². The number of hydrogen-bond donors (Lipinski definition) is 1. The number of rotatable bonds is 6. The minimum absolute atomic E-state index is 0.155. The van der Waals surface area contributed by atoms with Crippen LogP contribution >= 0.6 is 11.8 Å². The minimum atomic E-state index is -0.998. The lowest BCUT2D eigenvalue weighted by molar-refractivity contribution is 0.0692. The molecule has 1 aromatic carbocycles. The maximum Gasteiger partial charge on any atom is 0.339 e. The van der Waals surface area contributed by atoms with Gasteiger partial charge in [0.05, 0.1) is 13.7 Å². The van der Waals surface area contributed by atoms with E-state index in [9.17, 15) is 4.79 Å². The molecule has 5 heteroatoms. The number of benzene rings is 1. The molecule has 0 aliphatic heterocycles. The normalized spacial score (nSPS) is 9.88. The Hall–Kier alpha value is -1.36. The number of thioether (sulfide) groups is 1.